The van der Waals surface area contributed by atoms with Crippen LogP contribution in [0.1, 0.15) is 44.4 Å². The van der Waals surface area contributed by atoms with E-state index in [2.05, 4.69) is 58.0 Å². The molecule has 0 unspecified atom stereocenters. The van der Waals surface area contributed by atoms with Crippen LogP contribution in [0.15, 0.2) is 120 Å². The minimum atomic E-state index is -0.776. The number of aromatic nitrogens is 1. The minimum Gasteiger partial charge on any atom is -0.481 e. The van der Waals surface area contributed by atoms with Crippen LogP contribution >= 0.6 is 0 Å². The van der Waals surface area contributed by atoms with Crippen LogP contribution in [0.5, 0.6) is 5.75 Å². The van der Waals surface area contributed by atoms with Gasteiger partial charge in [-0.2, -0.15) is 4.57 Å². The third kappa shape index (κ3) is 6.79. The summed E-state index contributed by atoms with van der Waals surface area (Å²) in [6.07, 6.45) is 18.4. The van der Waals surface area contributed by atoms with E-state index < -0.39 is 5.97 Å². The van der Waals surface area contributed by atoms with Crippen molar-refractivity contribution in [3.63, 3.8) is 0 Å². The molecule has 5 aromatic rings. The number of aryl methyl sites for hydroxylation is 1. The average molecular weight is 614 g/mol. The van der Waals surface area contributed by atoms with Gasteiger partial charge in [-0.25, -0.2) is 0 Å². The van der Waals surface area contributed by atoms with E-state index in [1.54, 1.807) is 0 Å². The van der Waals surface area contributed by atoms with Gasteiger partial charge in [-0.1, -0.05) is 85.0 Å². The van der Waals surface area contributed by atoms with Crippen LogP contribution in [0.25, 0.3) is 38.7 Å². The van der Waals surface area contributed by atoms with Gasteiger partial charge in [0.05, 0.1) is 11.8 Å². The van der Waals surface area contributed by atoms with Gasteiger partial charge in [-0.3, -0.25) is 4.79 Å². The van der Waals surface area contributed by atoms with Gasteiger partial charge >= 0.3 is 11.9 Å². The summed E-state index contributed by atoms with van der Waals surface area (Å²) in [6, 6.07) is 24.7. The van der Waals surface area contributed by atoms with Crippen molar-refractivity contribution >= 4 is 56.7 Å². The Labute approximate surface area is 268 Å². The molecule has 2 heterocycles. The number of aldehydes is 1. The Morgan fingerprint density at radius 2 is 1.54 bits per heavy atom. The number of anilines is 1. The van der Waals surface area contributed by atoms with Crippen molar-refractivity contribution in [1.29, 1.82) is 0 Å². The van der Waals surface area contributed by atoms with Crippen molar-refractivity contribution in [2.75, 3.05) is 11.4 Å². The van der Waals surface area contributed by atoms with Gasteiger partial charge in [0, 0.05) is 42.6 Å². The molecule has 1 aliphatic heterocycles. The van der Waals surface area contributed by atoms with E-state index in [1.165, 1.54) is 0 Å². The fourth-order valence-corrected chi connectivity index (χ4v) is 5.88. The first-order valence-corrected chi connectivity index (χ1v) is 15.8. The number of fused-ring (bicyclic) bond motifs is 6. The van der Waals surface area contributed by atoms with Crippen LogP contribution in [0.4, 0.5) is 5.69 Å². The predicted octanol–water partition coefficient (Wildman–Crippen LogP) is 8.52. The van der Waals surface area contributed by atoms with E-state index in [0.29, 0.717) is 25.3 Å². The summed E-state index contributed by atoms with van der Waals surface area (Å²) in [5, 5.41) is 13.4. The summed E-state index contributed by atoms with van der Waals surface area (Å²) in [7, 11) is 0. The molecule has 232 valence electrons. The molecule has 4 aromatic carbocycles. The molecule has 0 bridgehead atoms. The number of carbonyl (C=O) groups excluding carboxylic acids is 1. The molecular formula is C39H37N2O5+. The molecule has 0 fully saturated rings. The summed E-state index contributed by atoms with van der Waals surface area (Å²) < 4.78 is 14.9. The molecule has 0 saturated heterocycles. The maximum Gasteiger partial charge on any atom is 0.374 e. The van der Waals surface area contributed by atoms with Gasteiger partial charge in [0.15, 0.2) is 12.3 Å². The number of oxazole rings is 1. The van der Waals surface area contributed by atoms with Crippen LogP contribution in [0.3, 0.4) is 0 Å². The monoisotopic (exact) mass is 613 g/mol. The Morgan fingerprint density at radius 3 is 2.37 bits per heavy atom. The van der Waals surface area contributed by atoms with Gasteiger partial charge in [0.2, 0.25) is 11.5 Å². The Balaban J connectivity index is 1.19. The summed E-state index contributed by atoms with van der Waals surface area (Å²) in [4.78, 5) is 24.0. The Morgan fingerprint density at radius 1 is 0.804 bits per heavy atom. The van der Waals surface area contributed by atoms with Gasteiger partial charge in [0.25, 0.3) is 5.52 Å². The quantitative estimate of drug-likeness (QED) is 0.0585. The van der Waals surface area contributed by atoms with E-state index in [9.17, 15) is 9.59 Å². The molecule has 1 aliphatic rings. The van der Waals surface area contributed by atoms with E-state index in [1.807, 2.05) is 66.8 Å². The average Bonchev–Trinajstić information content (AvgIpc) is 3.62. The number of allylic oxidation sites excluding steroid dienone is 6. The highest BCUT2D eigenvalue weighted by molar-refractivity contribution is 6.02. The maximum atomic E-state index is 11.0. The minimum absolute atomic E-state index is 0.154. The van der Waals surface area contributed by atoms with Crippen molar-refractivity contribution in [3.8, 4) is 5.75 Å². The highest BCUT2D eigenvalue weighted by atomic mass is 16.5. The zero-order chi connectivity index (χ0) is 31.7. The third-order valence-corrected chi connectivity index (χ3v) is 8.14. The second kappa shape index (κ2) is 14.6. The molecule has 7 heteroatoms. The number of hydrogen-bond donors (Lipinski definition) is 1. The normalized spacial score (nSPS) is 14.1. The van der Waals surface area contributed by atoms with E-state index >= 15 is 0 Å². The number of nitrogens with zero attached hydrogens (tertiary/aromatic N) is 2. The second-order valence-corrected chi connectivity index (χ2v) is 11.3. The molecule has 1 aromatic heterocycles. The number of carboxylic acid groups (broad SMARTS) is 1. The number of aliphatic carboxylic acids is 1. The molecule has 0 aliphatic carbocycles. The molecule has 0 radical (unpaired) electrons. The van der Waals surface area contributed by atoms with Gasteiger partial charge in [-0.15, -0.1) is 0 Å². The summed E-state index contributed by atoms with van der Waals surface area (Å²) in [5.74, 6) is 1.56. The first kappa shape index (κ1) is 30.6. The number of carboxylic acids is 1. The topological polar surface area (TPSA) is 83.9 Å². The smallest absolute Gasteiger partial charge is 0.374 e. The zero-order valence-corrected chi connectivity index (χ0v) is 25.7. The van der Waals surface area contributed by atoms with Crippen molar-refractivity contribution in [3.05, 3.63) is 121 Å². The van der Waals surface area contributed by atoms with E-state index in [-0.39, 0.29) is 6.42 Å². The van der Waals surface area contributed by atoms with Crippen molar-refractivity contribution in [2.24, 2.45) is 0 Å². The highest BCUT2D eigenvalue weighted by Crippen LogP contribution is 2.44. The van der Waals surface area contributed by atoms with Crippen molar-refractivity contribution < 1.29 is 28.4 Å². The standard InChI is InChI=1S/C39H36N2O5/c42-28-14-4-12-26-40-33-24-22-29-15-7-9-17-31(29)38(33)45-35(40)19-5-2-1-3-6-20-36-41(27-13-11-21-37(43)44)34-25-23-30-16-8-10-18-32(30)39(34)46-36/h1-3,5-10,15-20,22-25,28H,4,11-14,21,26-27H2/p+1. The summed E-state index contributed by atoms with van der Waals surface area (Å²) in [5.41, 5.74) is 2.86. The van der Waals surface area contributed by atoms with Crippen molar-refractivity contribution in [2.45, 2.75) is 45.1 Å². The Bertz CT molecular complexity index is 2000. The summed E-state index contributed by atoms with van der Waals surface area (Å²) >= 11 is 0. The first-order valence-electron chi connectivity index (χ1n) is 15.8. The number of rotatable bonds is 14. The lowest BCUT2D eigenvalue weighted by Gasteiger charge is -2.17. The fraction of sp³-hybridized carbons (Fsp3) is 0.205. The lowest BCUT2D eigenvalue weighted by atomic mass is 10.1. The number of ether oxygens (including phenoxy) is 1. The SMILES string of the molecule is O=CCCCCN1/C(=C/C=C/C=C/C=C/c2oc3c4ccccc4ccc3[n+]2CCCCC(=O)O)Oc2c1ccc1ccccc21. The maximum absolute atomic E-state index is 11.0. The third-order valence-electron chi connectivity index (χ3n) is 8.14. The van der Waals surface area contributed by atoms with E-state index in [0.717, 1.165) is 82.1 Å². The Hall–Kier alpha value is -5.43. The lowest BCUT2D eigenvalue weighted by molar-refractivity contribution is -0.678. The molecular weight excluding hydrogens is 576 g/mol. The predicted molar refractivity (Wildman–Crippen MR) is 183 cm³/mol. The largest absolute Gasteiger partial charge is 0.481 e. The Kier molecular flexibility index (Phi) is 9.69. The fourth-order valence-electron chi connectivity index (χ4n) is 5.88. The lowest BCUT2D eigenvalue weighted by Crippen LogP contribution is -2.35. The molecule has 6 rings (SSSR count). The van der Waals surface area contributed by atoms with Crippen LogP contribution in [-0.2, 0) is 16.1 Å². The number of hydrogen-bond acceptors (Lipinski definition) is 5. The van der Waals surface area contributed by atoms with Crippen LogP contribution in [0, 0.1) is 0 Å². The van der Waals surface area contributed by atoms with Gasteiger partial charge in [0.1, 0.15) is 6.29 Å². The second-order valence-electron chi connectivity index (χ2n) is 11.3. The molecule has 0 spiro atoms. The number of benzene rings is 4. The van der Waals surface area contributed by atoms with Gasteiger partial charge in [-0.05, 0) is 48.2 Å². The molecule has 46 heavy (non-hydrogen) atoms. The first-order chi connectivity index (χ1) is 22.6. The highest BCUT2D eigenvalue weighted by Gasteiger charge is 2.27. The van der Waals surface area contributed by atoms with Crippen LogP contribution in [0.2, 0.25) is 0 Å². The molecule has 1 N–H and O–H groups in total. The summed E-state index contributed by atoms with van der Waals surface area (Å²) in [6.45, 7) is 1.43. The molecule has 0 amide bonds. The van der Waals surface area contributed by atoms with Gasteiger partial charge < -0.3 is 24.0 Å². The van der Waals surface area contributed by atoms with E-state index in [4.69, 9.17) is 14.3 Å². The molecule has 7 nitrogen and oxygen atoms in total. The number of carbonyl (C=O) groups is 2. The zero-order valence-electron chi connectivity index (χ0n) is 25.7. The van der Waals surface area contributed by atoms with Crippen LogP contribution < -0.4 is 14.2 Å². The van der Waals surface area contributed by atoms with Crippen molar-refractivity contribution in [1.82, 2.24) is 0 Å². The molecule has 0 atom stereocenters. The molecule has 0 saturated carbocycles. The van der Waals surface area contributed by atoms with Crippen LogP contribution in [-0.4, -0.2) is 23.9 Å². The number of unbranched alkanes of at least 4 members (excludes halogenated alkanes) is 3.